The van der Waals surface area contributed by atoms with Crippen molar-refractivity contribution >= 4 is 35.2 Å². The van der Waals surface area contributed by atoms with Crippen molar-refractivity contribution in [1.82, 2.24) is 4.90 Å². The highest BCUT2D eigenvalue weighted by molar-refractivity contribution is 8.02. The molecule has 0 radical (unpaired) electrons. The number of carbonyl (C=O) groups is 3. The molecule has 2 amide bonds. The minimum absolute atomic E-state index is 0.170. The van der Waals surface area contributed by atoms with Crippen LogP contribution in [0, 0.1) is 25.7 Å². The molecule has 178 valence electrons. The fourth-order valence-corrected chi connectivity index (χ4v) is 8.45. The van der Waals surface area contributed by atoms with Crippen LogP contribution in [0.25, 0.3) is 0 Å². The largest absolute Gasteiger partial charge is 0.481 e. The molecule has 3 aliphatic rings. The van der Waals surface area contributed by atoms with Gasteiger partial charge in [0.05, 0.1) is 29.2 Å². The summed E-state index contributed by atoms with van der Waals surface area (Å²) in [6.07, 6.45) is 3.43. The number of thioether (sulfide) groups is 1. The number of aliphatic hydroxyl groups is 1. The van der Waals surface area contributed by atoms with Crippen LogP contribution in [0.3, 0.4) is 0 Å². The van der Waals surface area contributed by atoms with Crippen LogP contribution in [0.15, 0.2) is 30.9 Å². The van der Waals surface area contributed by atoms with E-state index in [0.29, 0.717) is 19.3 Å². The number of carboxylic acids is 1. The summed E-state index contributed by atoms with van der Waals surface area (Å²) in [6, 6.07) is 4.47. The van der Waals surface area contributed by atoms with Crippen molar-refractivity contribution in [2.45, 2.75) is 62.1 Å². The number of benzene rings is 1. The highest BCUT2D eigenvalue weighted by Gasteiger charge is 2.74. The third-order valence-electron chi connectivity index (χ3n) is 7.62. The topological polar surface area (TPSA) is 98.2 Å². The molecule has 2 bridgehead atoms. The molecule has 2 unspecified atom stereocenters. The Labute approximate surface area is 198 Å². The van der Waals surface area contributed by atoms with Gasteiger partial charge >= 0.3 is 5.97 Å². The Bertz CT molecular complexity index is 973. The van der Waals surface area contributed by atoms with E-state index in [-0.39, 0.29) is 30.2 Å². The lowest BCUT2D eigenvalue weighted by Gasteiger charge is -2.40. The molecule has 1 aromatic rings. The van der Waals surface area contributed by atoms with Crippen LogP contribution in [-0.4, -0.2) is 68.1 Å². The number of aliphatic hydroxyl groups excluding tert-OH is 1. The number of aliphatic carboxylic acids is 1. The number of amides is 2. The third kappa shape index (κ3) is 3.41. The first-order valence-corrected chi connectivity index (χ1v) is 12.4. The number of carboxylic acid groups (broad SMARTS) is 1. The fourth-order valence-electron chi connectivity index (χ4n) is 6.26. The standard InChI is InChI=1S/C25H32N2O5S/c1-5-12-26(20-14(3)8-7-9-15(20)4)23(30)21-25-11-10-17(33-25)18(24(31)32)19(25)22(29)27(21)16(6-2)13-28/h5,7-9,16-19,21,28H,1,6,10-13H2,2-4H3,(H,31,32)/t16-,17+,18-,19-,21?,25?/m0/s1. The van der Waals surface area contributed by atoms with Crippen molar-refractivity contribution in [3.8, 4) is 0 Å². The molecule has 0 aliphatic carbocycles. The molecule has 1 spiro atoms. The lowest BCUT2D eigenvalue weighted by molar-refractivity contribution is -0.149. The molecule has 3 heterocycles. The number of likely N-dealkylation sites (tertiary alicyclic amines) is 1. The third-order valence-corrected chi connectivity index (χ3v) is 9.57. The van der Waals surface area contributed by atoms with Gasteiger partial charge in [-0.2, -0.15) is 0 Å². The predicted octanol–water partition coefficient (Wildman–Crippen LogP) is 2.77. The highest BCUT2D eigenvalue weighted by Crippen LogP contribution is 2.66. The van der Waals surface area contributed by atoms with Crippen molar-refractivity contribution < 1.29 is 24.6 Å². The van der Waals surface area contributed by atoms with E-state index in [1.165, 1.54) is 16.7 Å². The smallest absolute Gasteiger partial charge is 0.308 e. The molecule has 3 fully saturated rings. The number of carbonyl (C=O) groups excluding carboxylic acids is 2. The maximum atomic E-state index is 14.4. The van der Waals surface area contributed by atoms with Crippen molar-refractivity contribution in [3.05, 3.63) is 42.0 Å². The Morgan fingerprint density at radius 2 is 2.03 bits per heavy atom. The summed E-state index contributed by atoms with van der Waals surface area (Å²) >= 11 is 1.51. The number of anilines is 1. The molecule has 6 atom stereocenters. The molecule has 3 saturated heterocycles. The average Bonchev–Trinajstić information content (AvgIpc) is 3.41. The van der Waals surface area contributed by atoms with Crippen molar-refractivity contribution in [2.24, 2.45) is 11.8 Å². The lowest BCUT2D eigenvalue weighted by Crippen LogP contribution is -2.57. The maximum Gasteiger partial charge on any atom is 0.308 e. The molecular weight excluding hydrogens is 440 g/mol. The van der Waals surface area contributed by atoms with E-state index in [1.807, 2.05) is 39.0 Å². The second-order valence-electron chi connectivity index (χ2n) is 9.36. The summed E-state index contributed by atoms with van der Waals surface area (Å²) in [4.78, 5) is 43.5. The van der Waals surface area contributed by atoms with Gasteiger partial charge in [0.2, 0.25) is 5.91 Å². The van der Waals surface area contributed by atoms with Gasteiger partial charge in [0.15, 0.2) is 0 Å². The van der Waals surface area contributed by atoms with Crippen LogP contribution in [0.1, 0.15) is 37.3 Å². The zero-order chi connectivity index (χ0) is 24.1. The SMILES string of the molecule is C=CCN(C(=O)C1N([C@@H](CC)CO)C(=O)[C@@H]2[C@@H](C(=O)O)[C@H]3CCC12S3)c1c(C)cccc1C. The number of fused-ring (bicyclic) bond motifs is 1. The number of hydrogen-bond acceptors (Lipinski definition) is 5. The van der Waals surface area contributed by atoms with Gasteiger partial charge in [0.1, 0.15) is 6.04 Å². The Morgan fingerprint density at radius 3 is 2.58 bits per heavy atom. The minimum Gasteiger partial charge on any atom is -0.481 e. The van der Waals surface area contributed by atoms with Gasteiger partial charge in [-0.05, 0) is 44.2 Å². The molecule has 2 N–H and O–H groups in total. The number of aryl methyl sites for hydroxylation is 2. The van der Waals surface area contributed by atoms with Gasteiger partial charge < -0.3 is 20.0 Å². The van der Waals surface area contributed by atoms with Gasteiger partial charge in [-0.3, -0.25) is 14.4 Å². The molecule has 3 aliphatic heterocycles. The summed E-state index contributed by atoms with van der Waals surface area (Å²) < 4.78 is -0.791. The van der Waals surface area contributed by atoms with Crippen LogP contribution in [-0.2, 0) is 14.4 Å². The normalized spacial score (nSPS) is 30.9. The summed E-state index contributed by atoms with van der Waals surface area (Å²) in [5.41, 5.74) is 2.67. The molecule has 0 aromatic heterocycles. The zero-order valence-corrected chi connectivity index (χ0v) is 20.2. The van der Waals surface area contributed by atoms with E-state index in [0.717, 1.165) is 16.8 Å². The Hall–Kier alpha value is -2.32. The highest BCUT2D eigenvalue weighted by atomic mass is 32.2. The van der Waals surface area contributed by atoms with Gasteiger partial charge in [0, 0.05) is 17.5 Å². The predicted molar refractivity (Wildman–Crippen MR) is 128 cm³/mol. The van der Waals surface area contributed by atoms with Crippen LogP contribution < -0.4 is 4.90 Å². The van der Waals surface area contributed by atoms with Crippen molar-refractivity contribution in [1.29, 1.82) is 0 Å². The summed E-state index contributed by atoms with van der Waals surface area (Å²) in [6.45, 7) is 9.61. The van der Waals surface area contributed by atoms with Gasteiger partial charge in [0.25, 0.3) is 5.91 Å². The van der Waals surface area contributed by atoms with E-state index < -0.39 is 34.6 Å². The number of nitrogens with zero attached hydrogens (tertiary/aromatic N) is 2. The second kappa shape index (κ2) is 8.80. The van der Waals surface area contributed by atoms with Gasteiger partial charge in [-0.1, -0.05) is 31.2 Å². The van der Waals surface area contributed by atoms with Crippen LogP contribution in [0.2, 0.25) is 0 Å². The van der Waals surface area contributed by atoms with E-state index in [2.05, 4.69) is 6.58 Å². The molecule has 0 saturated carbocycles. The van der Waals surface area contributed by atoms with Crippen molar-refractivity contribution in [3.63, 3.8) is 0 Å². The molecular formula is C25H32N2O5S. The Balaban J connectivity index is 1.86. The zero-order valence-electron chi connectivity index (χ0n) is 19.4. The molecule has 8 heteroatoms. The second-order valence-corrected chi connectivity index (χ2v) is 11.0. The van der Waals surface area contributed by atoms with E-state index in [9.17, 15) is 24.6 Å². The van der Waals surface area contributed by atoms with E-state index >= 15 is 0 Å². The summed E-state index contributed by atoms with van der Waals surface area (Å²) in [7, 11) is 0. The van der Waals surface area contributed by atoms with Gasteiger partial charge in [-0.15, -0.1) is 18.3 Å². The summed E-state index contributed by atoms with van der Waals surface area (Å²) in [5, 5.41) is 19.9. The first-order chi connectivity index (χ1) is 15.7. The number of rotatable bonds is 8. The quantitative estimate of drug-likeness (QED) is 0.565. The van der Waals surface area contributed by atoms with Crippen LogP contribution >= 0.6 is 11.8 Å². The first kappa shape index (κ1) is 23.8. The Morgan fingerprint density at radius 1 is 1.36 bits per heavy atom. The average molecular weight is 473 g/mol. The minimum atomic E-state index is -0.977. The monoisotopic (exact) mass is 472 g/mol. The number of hydrogen-bond donors (Lipinski definition) is 2. The maximum absolute atomic E-state index is 14.4. The fraction of sp³-hybridized carbons (Fsp3) is 0.560. The van der Waals surface area contributed by atoms with Crippen molar-refractivity contribution in [2.75, 3.05) is 18.1 Å². The Kier molecular flexibility index (Phi) is 6.35. The molecule has 4 rings (SSSR count). The molecule has 7 nitrogen and oxygen atoms in total. The first-order valence-electron chi connectivity index (χ1n) is 11.6. The molecule has 1 aromatic carbocycles. The van der Waals surface area contributed by atoms with Crippen LogP contribution in [0.4, 0.5) is 5.69 Å². The lowest BCUT2D eigenvalue weighted by atomic mass is 9.71. The summed E-state index contributed by atoms with van der Waals surface area (Å²) in [5.74, 6) is -3.07. The number of para-hydroxylation sites is 1. The molecule has 33 heavy (non-hydrogen) atoms. The van der Waals surface area contributed by atoms with Gasteiger partial charge in [-0.25, -0.2) is 0 Å². The van der Waals surface area contributed by atoms with E-state index in [1.54, 1.807) is 11.0 Å². The van der Waals surface area contributed by atoms with E-state index in [4.69, 9.17) is 0 Å². The van der Waals surface area contributed by atoms with Crippen LogP contribution in [0.5, 0.6) is 0 Å².